The van der Waals surface area contributed by atoms with Crippen LogP contribution < -0.4 is 10.2 Å². The van der Waals surface area contributed by atoms with Crippen LogP contribution >= 0.6 is 10.8 Å². The summed E-state index contributed by atoms with van der Waals surface area (Å²) < 4.78 is 36.2. The number of halogens is 1. The first-order valence-electron chi connectivity index (χ1n) is 9.77. The van der Waals surface area contributed by atoms with Gasteiger partial charge in [-0.1, -0.05) is 0 Å². The lowest BCUT2D eigenvalue weighted by atomic mass is 10.3. The lowest BCUT2D eigenvalue weighted by Gasteiger charge is -2.46. The zero-order valence-corrected chi connectivity index (χ0v) is 17.8. The van der Waals surface area contributed by atoms with Gasteiger partial charge in [0.2, 0.25) is 5.95 Å². The van der Waals surface area contributed by atoms with Crippen molar-refractivity contribution in [3.8, 4) is 5.75 Å². The summed E-state index contributed by atoms with van der Waals surface area (Å²) in [6, 6.07) is 13.8. The van der Waals surface area contributed by atoms with Crippen molar-refractivity contribution in [2.24, 2.45) is 0 Å². The molecule has 1 aromatic heterocycles. The normalized spacial score (nSPS) is 15.7. The van der Waals surface area contributed by atoms with E-state index in [1.807, 2.05) is 17.9 Å². The van der Waals surface area contributed by atoms with Crippen molar-refractivity contribution in [3.05, 3.63) is 66.1 Å². The Hall–Kier alpha value is -2.92. The van der Waals surface area contributed by atoms with Crippen LogP contribution in [0.5, 0.6) is 5.75 Å². The SMILES string of the molecule is Cc1cc(Nc2ccc(F)cc2)nc(N2CCN(S(O)(O)c3ccc(O)cc3)CC2)n1. The maximum Gasteiger partial charge on any atom is 0.227 e. The highest BCUT2D eigenvalue weighted by atomic mass is 32.3. The number of aromatic hydroxyl groups is 1. The fourth-order valence-corrected chi connectivity index (χ4v) is 4.83. The van der Waals surface area contributed by atoms with Gasteiger partial charge in [0.1, 0.15) is 17.4 Å². The number of aromatic nitrogens is 2. The van der Waals surface area contributed by atoms with E-state index in [1.54, 1.807) is 16.4 Å². The summed E-state index contributed by atoms with van der Waals surface area (Å²) in [7, 11) is -3.13. The molecule has 0 atom stereocenters. The van der Waals surface area contributed by atoms with Gasteiger partial charge in [-0.2, -0.15) is 9.29 Å². The second kappa shape index (κ2) is 8.67. The molecule has 0 radical (unpaired) electrons. The molecule has 1 aliphatic rings. The minimum atomic E-state index is -3.13. The lowest BCUT2D eigenvalue weighted by molar-refractivity contribution is 0.329. The van der Waals surface area contributed by atoms with Crippen molar-refractivity contribution in [1.29, 1.82) is 0 Å². The van der Waals surface area contributed by atoms with Crippen LogP contribution in [0.15, 0.2) is 59.5 Å². The third-order valence-corrected chi connectivity index (χ3v) is 6.98. The van der Waals surface area contributed by atoms with Crippen molar-refractivity contribution in [2.75, 3.05) is 36.4 Å². The molecule has 1 aliphatic heterocycles. The molecule has 1 saturated heterocycles. The van der Waals surface area contributed by atoms with Crippen LogP contribution in [-0.2, 0) is 0 Å². The number of benzene rings is 2. The van der Waals surface area contributed by atoms with Crippen LogP contribution in [0.25, 0.3) is 0 Å². The highest BCUT2D eigenvalue weighted by molar-refractivity contribution is 8.22. The number of hydrogen-bond acceptors (Lipinski definition) is 8. The van der Waals surface area contributed by atoms with Gasteiger partial charge in [0, 0.05) is 43.6 Å². The van der Waals surface area contributed by atoms with Crippen molar-refractivity contribution >= 4 is 28.2 Å². The third kappa shape index (κ3) is 4.88. The van der Waals surface area contributed by atoms with Gasteiger partial charge in [-0.25, -0.2) is 9.37 Å². The van der Waals surface area contributed by atoms with Crippen molar-refractivity contribution < 1.29 is 18.6 Å². The van der Waals surface area contributed by atoms with Crippen molar-refractivity contribution in [2.45, 2.75) is 11.8 Å². The first-order valence-corrected chi connectivity index (χ1v) is 11.3. The molecular weight excluding hydrogens is 421 g/mol. The summed E-state index contributed by atoms with van der Waals surface area (Å²) in [5.74, 6) is 0.918. The zero-order valence-electron chi connectivity index (χ0n) is 16.9. The van der Waals surface area contributed by atoms with E-state index in [1.165, 1.54) is 36.4 Å². The second-order valence-electron chi connectivity index (χ2n) is 7.26. The van der Waals surface area contributed by atoms with E-state index in [-0.39, 0.29) is 11.6 Å². The molecule has 0 amide bonds. The Morgan fingerprint density at radius 2 is 1.58 bits per heavy atom. The summed E-state index contributed by atoms with van der Waals surface area (Å²) in [5, 5.41) is 12.6. The van der Waals surface area contributed by atoms with E-state index in [2.05, 4.69) is 15.3 Å². The number of nitrogens with one attached hydrogen (secondary N) is 1. The predicted octanol–water partition coefficient (Wildman–Crippen LogP) is 4.22. The number of piperazine rings is 1. The molecule has 1 fully saturated rings. The van der Waals surface area contributed by atoms with E-state index in [9.17, 15) is 18.6 Å². The van der Waals surface area contributed by atoms with Gasteiger partial charge in [0.05, 0.1) is 4.90 Å². The Bertz CT molecular complexity index is 1040. The van der Waals surface area contributed by atoms with Crippen LogP contribution in [0.4, 0.5) is 21.8 Å². The smallest absolute Gasteiger partial charge is 0.227 e. The average Bonchev–Trinajstić information content (AvgIpc) is 2.75. The molecule has 0 saturated carbocycles. The third-order valence-electron chi connectivity index (χ3n) is 4.99. The monoisotopic (exact) mass is 445 g/mol. The molecule has 4 N–H and O–H groups in total. The van der Waals surface area contributed by atoms with E-state index < -0.39 is 10.8 Å². The van der Waals surface area contributed by atoms with Crippen LogP contribution in [0, 0.1) is 12.7 Å². The van der Waals surface area contributed by atoms with Gasteiger partial charge >= 0.3 is 0 Å². The maximum atomic E-state index is 13.1. The van der Waals surface area contributed by atoms with Gasteiger partial charge in [0.25, 0.3) is 0 Å². The molecule has 2 aromatic carbocycles. The maximum absolute atomic E-state index is 13.1. The molecule has 4 rings (SSSR count). The molecule has 0 bridgehead atoms. The molecule has 8 nitrogen and oxygen atoms in total. The van der Waals surface area contributed by atoms with E-state index >= 15 is 0 Å². The summed E-state index contributed by atoms with van der Waals surface area (Å²) in [4.78, 5) is 11.5. The summed E-state index contributed by atoms with van der Waals surface area (Å²) in [6.45, 7) is 3.75. The molecule has 10 heteroatoms. The van der Waals surface area contributed by atoms with E-state index in [4.69, 9.17) is 0 Å². The summed E-state index contributed by atoms with van der Waals surface area (Å²) in [5.41, 5.74) is 1.50. The Morgan fingerprint density at radius 3 is 2.23 bits per heavy atom. The molecular formula is C21H24FN5O3S. The van der Waals surface area contributed by atoms with Gasteiger partial charge in [-0.05, 0) is 55.5 Å². The number of hydrogen-bond donors (Lipinski definition) is 4. The number of rotatable bonds is 5. The molecule has 0 unspecified atom stereocenters. The topological polar surface area (TPSA) is 105 Å². The predicted molar refractivity (Wildman–Crippen MR) is 119 cm³/mol. The van der Waals surface area contributed by atoms with Gasteiger partial charge in [-0.15, -0.1) is 10.8 Å². The Kier molecular flexibility index (Phi) is 5.96. The van der Waals surface area contributed by atoms with Crippen molar-refractivity contribution in [1.82, 2.24) is 14.3 Å². The molecule has 0 aliphatic carbocycles. The fourth-order valence-electron chi connectivity index (χ4n) is 3.36. The van der Waals surface area contributed by atoms with Crippen LogP contribution in [0.1, 0.15) is 5.69 Å². The molecule has 31 heavy (non-hydrogen) atoms. The number of aryl methyl sites for hydroxylation is 1. The molecule has 3 aromatic rings. The van der Waals surface area contributed by atoms with Gasteiger partial charge in [-0.3, -0.25) is 9.11 Å². The van der Waals surface area contributed by atoms with Crippen LogP contribution in [-0.4, -0.2) is 54.7 Å². The molecule has 2 heterocycles. The largest absolute Gasteiger partial charge is 0.508 e. The quantitative estimate of drug-likeness (QED) is 0.463. The van der Waals surface area contributed by atoms with Crippen molar-refractivity contribution in [3.63, 3.8) is 0 Å². The van der Waals surface area contributed by atoms with Crippen LogP contribution in [0.2, 0.25) is 0 Å². The Labute approximate surface area is 181 Å². The molecule has 0 spiro atoms. The first-order chi connectivity index (χ1) is 14.8. The highest BCUT2D eigenvalue weighted by Crippen LogP contribution is 2.51. The Morgan fingerprint density at radius 1 is 0.935 bits per heavy atom. The highest BCUT2D eigenvalue weighted by Gasteiger charge is 2.30. The fraction of sp³-hybridized carbons (Fsp3) is 0.238. The standard InChI is InChI=1S/C21H24FN5O3S/c1-15-14-20(24-17-4-2-16(22)3-5-17)25-21(23-15)26-10-12-27(13-11-26)31(29,30)19-8-6-18(28)7-9-19/h2-9,14,28-30H,10-13H2,1H3,(H,23,24,25). The minimum Gasteiger partial charge on any atom is -0.508 e. The minimum absolute atomic E-state index is 0.0745. The number of anilines is 3. The van der Waals surface area contributed by atoms with E-state index in [0.717, 1.165) is 11.4 Å². The Balaban J connectivity index is 1.45. The average molecular weight is 446 g/mol. The summed E-state index contributed by atoms with van der Waals surface area (Å²) >= 11 is 0. The molecule has 164 valence electrons. The number of phenolic OH excluding ortho intramolecular Hbond substituents is 1. The number of nitrogens with zero attached hydrogens (tertiary/aromatic N) is 4. The summed E-state index contributed by atoms with van der Waals surface area (Å²) in [6.07, 6.45) is 0. The van der Waals surface area contributed by atoms with Gasteiger partial charge in [0.15, 0.2) is 0 Å². The zero-order chi connectivity index (χ0) is 22.0. The van der Waals surface area contributed by atoms with E-state index in [0.29, 0.717) is 42.8 Å². The lowest BCUT2D eigenvalue weighted by Crippen LogP contribution is -2.47. The number of phenols is 1. The van der Waals surface area contributed by atoms with Crippen LogP contribution in [0.3, 0.4) is 0 Å². The van der Waals surface area contributed by atoms with Gasteiger partial charge < -0.3 is 15.3 Å². The first kappa shape index (κ1) is 21.3. The second-order valence-corrected chi connectivity index (χ2v) is 9.28.